The highest BCUT2D eigenvalue weighted by Gasteiger charge is 2.33. The fourth-order valence-corrected chi connectivity index (χ4v) is 4.77. The fourth-order valence-electron chi connectivity index (χ4n) is 4.65. The number of rotatable bonds is 9. The summed E-state index contributed by atoms with van der Waals surface area (Å²) < 4.78 is 32.9. The van der Waals surface area contributed by atoms with Crippen molar-refractivity contribution in [3.8, 4) is 45.6 Å². The second kappa shape index (κ2) is 11.6. The average Bonchev–Trinajstić information content (AvgIpc) is 2.99. The summed E-state index contributed by atoms with van der Waals surface area (Å²) in [6, 6.07) is 12.6. The minimum Gasteiger partial charge on any atom is -0.506 e. The first-order valence-electron chi connectivity index (χ1n) is 11.9. The van der Waals surface area contributed by atoms with E-state index in [0.29, 0.717) is 22.1 Å². The molecule has 1 N–H and O–H groups in total. The first-order valence-corrected chi connectivity index (χ1v) is 12.3. The van der Waals surface area contributed by atoms with Crippen molar-refractivity contribution in [2.45, 2.75) is 0 Å². The number of hydrogen-bond donors (Lipinski definition) is 1. The van der Waals surface area contributed by atoms with Crippen LogP contribution in [0.3, 0.4) is 0 Å². The number of ether oxygens (including phenoxy) is 6. The Kier molecular flexibility index (Phi) is 8.25. The third-order valence-corrected chi connectivity index (χ3v) is 6.72. The van der Waals surface area contributed by atoms with E-state index in [1.807, 2.05) is 0 Å². The summed E-state index contributed by atoms with van der Waals surface area (Å²) in [5.74, 6) is -0.559. The molecule has 4 aromatic rings. The number of ketones is 1. The number of hydrogen-bond acceptors (Lipinski definition) is 9. The van der Waals surface area contributed by atoms with Gasteiger partial charge in [-0.1, -0.05) is 17.7 Å². The number of aromatic hydroxyl groups is 1. The van der Waals surface area contributed by atoms with Crippen LogP contribution in [0.25, 0.3) is 21.9 Å². The molecule has 0 spiro atoms. The molecule has 0 saturated heterocycles. The van der Waals surface area contributed by atoms with Gasteiger partial charge in [-0.2, -0.15) is 0 Å². The Morgan fingerprint density at radius 1 is 0.700 bits per heavy atom. The maximum Gasteiger partial charge on any atom is 0.339 e. The Morgan fingerprint density at radius 3 is 1.88 bits per heavy atom. The molecule has 9 nitrogen and oxygen atoms in total. The number of halogens is 1. The van der Waals surface area contributed by atoms with Crippen LogP contribution in [0.2, 0.25) is 5.02 Å². The van der Waals surface area contributed by atoms with Crippen molar-refractivity contribution in [1.29, 1.82) is 0 Å². The lowest BCUT2D eigenvalue weighted by molar-refractivity contribution is 0.0598. The van der Waals surface area contributed by atoms with E-state index in [-0.39, 0.29) is 50.3 Å². The summed E-state index contributed by atoms with van der Waals surface area (Å²) in [4.78, 5) is 27.5. The van der Waals surface area contributed by atoms with Gasteiger partial charge in [0.2, 0.25) is 5.75 Å². The molecule has 0 aliphatic rings. The average molecular weight is 567 g/mol. The molecule has 0 radical (unpaired) electrons. The van der Waals surface area contributed by atoms with Gasteiger partial charge in [0.25, 0.3) is 0 Å². The molecule has 0 aromatic heterocycles. The normalized spacial score (nSPS) is 10.7. The molecule has 0 unspecified atom stereocenters. The van der Waals surface area contributed by atoms with Crippen molar-refractivity contribution >= 4 is 34.1 Å². The van der Waals surface area contributed by atoms with E-state index >= 15 is 0 Å². The summed E-state index contributed by atoms with van der Waals surface area (Å²) in [7, 11) is 8.43. The van der Waals surface area contributed by atoms with Crippen molar-refractivity contribution in [2.24, 2.45) is 0 Å². The van der Waals surface area contributed by atoms with Crippen molar-refractivity contribution in [3.05, 3.63) is 70.2 Å². The molecule has 0 saturated carbocycles. The molecule has 0 amide bonds. The Labute approximate surface area is 235 Å². The number of phenols is 1. The van der Waals surface area contributed by atoms with Crippen molar-refractivity contribution < 1.29 is 43.1 Å². The summed E-state index contributed by atoms with van der Waals surface area (Å²) in [5.41, 5.74) is 0.398. The molecule has 0 atom stereocenters. The van der Waals surface area contributed by atoms with E-state index in [9.17, 15) is 14.7 Å². The third kappa shape index (κ3) is 4.69. The van der Waals surface area contributed by atoms with Crippen LogP contribution in [0.15, 0.2) is 48.5 Å². The van der Waals surface area contributed by atoms with E-state index in [0.717, 1.165) is 0 Å². The first-order chi connectivity index (χ1) is 19.3. The molecule has 0 aliphatic heterocycles. The van der Waals surface area contributed by atoms with Gasteiger partial charge in [-0.15, -0.1) is 0 Å². The molecule has 0 heterocycles. The summed E-state index contributed by atoms with van der Waals surface area (Å²) in [6.07, 6.45) is 0. The lowest BCUT2D eigenvalue weighted by Gasteiger charge is -2.22. The molecule has 0 bridgehead atoms. The number of fused-ring (bicyclic) bond motifs is 1. The smallest absolute Gasteiger partial charge is 0.339 e. The van der Waals surface area contributed by atoms with Gasteiger partial charge in [0.15, 0.2) is 28.8 Å². The number of phenolic OH excluding ortho intramolecular Hbond substituents is 1. The van der Waals surface area contributed by atoms with Gasteiger partial charge < -0.3 is 33.5 Å². The first kappa shape index (κ1) is 28.4. The van der Waals surface area contributed by atoms with Crippen LogP contribution in [0.4, 0.5) is 0 Å². The topological polar surface area (TPSA) is 110 Å². The van der Waals surface area contributed by atoms with Crippen LogP contribution in [0.1, 0.15) is 26.3 Å². The van der Waals surface area contributed by atoms with Crippen LogP contribution >= 0.6 is 11.6 Å². The predicted octanol–water partition coefficient (Wildman–Crippen LogP) is 5.93. The molecular weight excluding hydrogens is 540 g/mol. The quantitative estimate of drug-likeness (QED) is 0.195. The Bertz CT molecular complexity index is 1610. The highest BCUT2D eigenvalue weighted by Crippen LogP contribution is 2.52. The van der Waals surface area contributed by atoms with E-state index in [1.54, 1.807) is 18.2 Å². The SMILES string of the molecule is COC(=O)c1c(C(=O)c2ccc(Cl)cc2)c(O)c2cc(OC)c(OC)c(OC)c2c1-c1ccc(OC)c(OC)c1. The van der Waals surface area contributed by atoms with Crippen LogP contribution in [-0.2, 0) is 4.74 Å². The maximum absolute atomic E-state index is 14.0. The predicted molar refractivity (Wildman–Crippen MR) is 150 cm³/mol. The number of carbonyl (C=O) groups is 2. The van der Waals surface area contributed by atoms with Crippen LogP contribution < -0.4 is 23.7 Å². The Balaban J connectivity index is 2.30. The van der Waals surface area contributed by atoms with Gasteiger partial charge in [-0.25, -0.2) is 4.79 Å². The molecule has 0 fully saturated rings. The minimum absolute atomic E-state index is 0.160. The summed E-state index contributed by atoms with van der Waals surface area (Å²) >= 11 is 6.03. The summed E-state index contributed by atoms with van der Waals surface area (Å²) in [5, 5.41) is 12.5. The molecule has 4 aromatic carbocycles. The van der Waals surface area contributed by atoms with E-state index < -0.39 is 17.5 Å². The Morgan fingerprint density at radius 2 is 1.32 bits per heavy atom. The molecular formula is C30H27ClO9. The fraction of sp³-hybridized carbons (Fsp3) is 0.200. The van der Waals surface area contributed by atoms with Gasteiger partial charge in [0.1, 0.15) is 5.75 Å². The minimum atomic E-state index is -0.865. The molecule has 10 heteroatoms. The van der Waals surface area contributed by atoms with Gasteiger partial charge >= 0.3 is 5.97 Å². The second-order valence-corrected chi connectivity index (χ2v) is 8.88. The zero-order valence-electron chi connectivity index (χ0n) is 22.7. The molecule has 4 rings (SSSR count). The van der Waals surface area contributed by atoms with E-state index in [4.69, 9.17) is 40.0 Å². The van der Waals surface area contributed by atoms with E-state index in [2.05, 4.69) is 0 Å². The maximum atomic E-state index is 14.0. The van der Waals surface area contributed by atoms with Crippen molar-refractivity contribution in [2.75, 3.05) is 42.7 Å². The monoisotopic (exact) mass is 566 g/mol. The standard InChI is InChI=1S/C30H27ClO9/c1-35-19-12-9-16(13-20(19)36-2)22-23-18(14-21(37-3)28(38-4)29(23)39-5)27(33)25(24(22)30(34)40-6)26(32)15-7-10-17(31)11-8-15/h7-14,33H,1-6H3. The van der Waals surface area contributed by atoms with Gasteiger partial charge in [-0.05, 0) is 48.0 Å². The van der Waals surface area contributed by atoms with Gasteiger partial charge in [-0.3, -0.25) is 4.79 Å². The zero-order valence-corrected chi connectivity index (χ0v) is 23.5. The largest absolute Gasteiger partial charge is 0.506 e. The number of benzene rings is 4. The molecule has 0 aliphatic carbocycles. The van der Waals surface area contributed by atoms with E-state index in [1.165, 1.54) is 73.0 Å². The van der Waals surface area contributed by atoms with Crippen LogP contribution in [0.5, 0.6) is 34.5 Å². The highest BCUT2D eigenvalue weighted by molar-refractivity contribution is 6.31. The highest BCUT2D eigenvalue weighted by atomic mass is 35.5. The zero-order chi connectivity index (χ0) is 29.1. The van der Waals surface area contributed by atoms with Crippen molar-refractivity contribution in [1.82, 2.24) is 0 Å². The van der Waals surface area contributed by atoms with Crippen LogP contribution in [0, 0.1) is 0 Å². The Hall–Kier alpha value is -4.63. The van der Waals surface area contributed by atoms with Crippen molar-refractivity contribution in [3.63, 3.8) is 0 Å². The number of carbonyl (C=O) groups excluding carboxylic acids is 2. The van der Waals surface area contributed by atoms with Gasteiger partial charge in [0.05, 0.1) is 53.8 Å². The summed E-state index contributed by atoms with van der Waals surface area (Å²) in [6.45, 7) is 0. The molecule has 208 valence electrons. The molecule has 40 heavy (non-hydrogen) atoms. The lowest BCUT2D eigenvalue weighted by atomic mass is 9.85. The van der Waals surface area contributed by atoms with Gasteiger partial charge in [0, 0.05) is 26.9 Å². The number of esters is 1. The number of methoxy groups -OCH3 is 6. The second-order valence-electron chi connectivity index (χ2n) is 8.44. The third-order valence-electron chi connectivity index (χ3n) is 6.47. The lowest BCUT2D eigenvalue weighted by Crippen LogP contribution is -2.15. The van der Waals surface area contributed by atoms with Crippen LogP contribution in [-0.4, -0.2) is 59.5 Å².